The normalized spacial score (nSPS) is 12.8. The van der Waals surface area contributed by atoms with Crippen molar-refractivity contribution in [3.05, 3.63) is 60.1 Å². The van der Waals surface area contributed by atoms with Gasteiger partial charge >= 0.3 is 0 Å². The van der Waals surface area contributed by atoms with E-state index in [0.717, 1.165) is 18.4 Å². The molecular weight excluding hydrogens is 428 g/mol. The molecule has 1 unspecified atom stereocenters. The summed E-state index contributed by atoms with van der Waals surface area (Å²) in [5.74, 6) is -1.20. The van der Waals surface area contributed by atoms with Crippen molar-refractivity contribution >= 4 is 27.0 Å². The molecule has 0 radical (unpaired) electrons. The molecule has 4 rings (SSSR count). The van der Waals surface area contributed by atoms with Crippen LogP contribution in [0.5, 0.6) is 0 Å². The van der Waals surface area contributed by atoms with Crippen LogP contribution >= 0.6 is 0 Å². The van der Waals surface area contributed by atoms with Crippen LogP contribution < -0.4 is 11.1 Å². The van der Waals surface area contributed by atoms with E-state index in [1.54, 1.807) is 13.0 Å². The van der Waals surface area contributed by atoms with E-state index in [-0.39, 0.29) is 22.9 Å². The Morgan fingerprint density at radius 3 is 2.65 bits per heavy atom. The lowest BCUT2D eigenvalue weighted by Crippen LogP contribution is -2.13. The molecule has 0 aliphatic heterocycles. The molecule has 0 aliphatic carbocycles. The van der Waals surface area contributed by atoms with Crippen LogP contribution in [0, 0.1) is 11.6 Å². The molecule has 4 aromatic rings. The van der Waals surface area contributed by atoms with Gasteiger partial charge < -0.3 is 11.1 Å². The first-order valence-electron chi connectivity index (χ1n) is 9.02. The molecule has 1 atom stereocenters. The van der Waals surface area contributed by atoms with Gasteiger partial charge in [-0.15, -0.1) is 5.10 Å². The van der Waals surface area contributed by atoms with E-state index in [1.165, 1.54) is 29.2 Å². The molecule has 0 fully saturated rings. The molecule has 0 bridgehead atoms. The average molecular weight is 445 g/mol. The highest BCUT2D eigenvalue weighted by Gasteiger charge is 2.21. The Hall–Kier alpha value is -3.67. The van der Waals surface area contributed by atoms with Crippen LogP contribution in [-0.4, -0.2) is 39.2 Å². The van der Waals surface area contributed by atoms with Gasteiger partial charge in [-0.2, -0.15) is 0 Å². The summed E-state index contributed by atoms with van der Waals surface area (Å²) < 4.78 is 53.2. The predicted octanol–water partition coefficient (Wildman–Crippen LogP) is 2.62. The molecular formula is C19H17F2N7O2S. The van der Waals surface area contributed by atoms with Crippen molar-refractivity contribution < 1.29 is 17.2 Å². The molecule has 0 saturated heterocycles. The number of sulfone groups is 1. The Bertz CT molecular complexity index is 1410. The van der Waals surface area contributed by atoms with Crippen LogP contribution in [-0.2, 0) is 9.84 Å². The van der Waals surface area contributed by atoms with E-state index in [4.69, 9.17) is 5.73 Å². The number of fused-ring (bicyclic) bond motifs is 1. The summed E-state index contributed by atoms with van der Waals surface area (Å²) in [6.07, 6.45) is 3.96. The smallest absolute Gasteiger partial charge is 0.249 e. The molecule has 3 N–H and O–H groups in total. The van der Waals surface area contributed by atoms with Crippen molar-refractivity contribution in [1.82, 2.24) is 24.6 Å². The number of rotatable bonds is 5. The van der Waals surface area contributed by atoms with Crippen LogP contribution in [0.15, 0.2) is 48.0 Å². The second-order valence-electron chi connectivity index (χ2n) is 6.90. The van der Waals surface area contributed by atoms with E-state index in [9.17, 15) is 17.2 Å². The van der Waals surface area contributed by atoms with Gasteiger partial charge in [0.05, 0.1) is 22.8 Å². The third kappa shape index (κ3) is 4.01. The Labute approximate surface area is 175 Å². The third-order valence-electron chi connectivity index (χ3n) is 4.56. The number of benzene rings is 1. The van der Waals surface area contributed by atoms with Gasteiger partial charge in [-0.1, -0.05) is 6.07 Å². The van der Waals surface area contributed by atoms with E-state index < -0.39 is 32.7 Å². The minimum atomic E-state index is -3.79. The van der Waals surface area contributed by atoms with Gasteiger partial charge in [-0.05, 0) is 19.1 Å². The first-order valence-corrected chi connectivity index (χ1v) is 10.9. The van der Waals surface area contributed by atoms with Crippen LogP contribution in [0.4, 0.5) is 20.4 Å². The molecule has 0 spiro atoms. The minimum absolute atomic E-state index is 0.120. The number of nitrogens with two attached hydrogens (primary N) is 1. The summed E-state index contributed by atoms with van der Waals surface area (Å²) in [6.45, 7) is 1.63. The number of hydrogen-bond donors (Lipinski definition) is 2. The lowest BCUT2D eigenvalue weighted by Gasteiger charge is -2.17. The van der Waals surface area contributed by atoms with Crippen molar-refractivity contribution in [3.8, 4) is 11.3 Å². The van der Waals surface area contributed by atoms with Crippen molar-refractivity contribution in [1.29, 1.82) is 0 Å². The summed E-state index contributed by atoms with van der Waals surface area (Å²) in [5, 5.41) is 6.66. The molecule has 160 valence electrons. The SMILES string of the molecule is CC(Nc1cc(-c2c(N)nn3cnccc23)nc(S(C)(=O)=O)n1)c1ccc(F)cc1F. The maximum absolute atomic E-state index is 14.2. The summed E-state index contributed by atoms with van der Waals surface area (Å²) in [4.78, 5) is 12.2. The van der Waals surface area contributed by atoms with Gasteiger partial charge in [0.1, 0.15) is 23.8 Å². The topological polar surface area (TPSA) is 128 Å². The van der Waals surface area contributed by atoms with Crippen molar-refractivity contribution in [2.24, 2.45) is 0 Å². The zero-order valence-corrected chi connectivity index (χ0v) is 17.2. The first kappa shape index (κ1) is 20.6. The highest BCUT2D eigenvalue weighted by molar-refractivity contribution is 7.90. The molecule has 9 nitrogen and oxygen atoms in total. The van der Waals surface area contributed by atoms with Gasteiger partial charge in [0.15, 0.2) is 5.82 Å². The molecule has 31 heavy (non-hydrogen) atoms. The lowest BCUT2D eigenvalue weighted by atomic mass is 10.1. The van der Waals surface area contributed by atoms with Crippen LogP contribution in [0.3, 0.4) is 0 Å². The van der Waals surface area contributed by atoms with Crippen LogP contribution in [0.1, 0.15) is 18.5 Å². The zero-order valence-electron chi connectivity index (χ0n) is 16.4. The summed E-state index contributed by atoms with van der Waals surface area (Å²) >= 11 is 0. The molecule has 3 aromatic heterocycles. The van der Waals surface area contributed by atoms with E-state index >= 15 is 0 Å². The Kier molecular flexibility index (Phi) is 5.01. The second-order valence-corrected chi connectivity index (χ2v) is 8.80. The monoisotopic (exact) mass is 445 g/mol. The summed E-state index contributed by atoms with van der Waals surface area (Å²) in [6, 6.07) is 5.70. The lowest BCUT2D eigenvalue weighted by molar-refractivity contribution is 0.565. The Morgan fingerprint density at radius 1 is 1.16 bits per heavy atom. The summed E-state index contributed by atoms with van der Waals surface area (Å²) in [5.41, 5.74) is 7.41. The van der Waals surface area contributed by atoms with Gasteiger partial charge in [0.25, 0.3) is 0 Å². The molecule has 0 aliphatic rings. The fraction of sp³-hybridized carbons (Fsp3) is 0.158. The zero-order chi connectivity index (χ0) is 22.3. The number of aromatic nitrogens is 5. The Morgan fingerprint density at radius 2 is 1.94 bits per heavy atom. The fourth-order valence-corrected chi connectivity index (χ4v) is 3.66. The largest absolute Gasteiger partial charge is 0.382 e. The molecule has 3 heterocycles. The number of anilines is 2. The van der Waals surface area contributed by atoms with Crippen molar-refractivity contribution in [2.45, 2.75) is 18.1 Å². The average Bonchev–Trinajstić information content (AvgIpc) is 3.02. The molecule has 12 heteroatoms. The molecule has 1 aromatic carbocycles. The van der Waals surface area contributed by atoms with Gasteiger partial charge in [-0.25, -0.2) is 36.7 Å². The summed E-state index contributed by atoms with van der Waals surface area (Å²) in [7, 11) is -3.79. The Balaban J connectivity index is 1.83. The maximum atomic E-state index is 14.2. The second kappa shape index (κ2) is 7.54. The third-order valence-corrected chi connectivity index (χ3v) is 5.40. The molecule has 0 amide bonds. The number of nitrogens with one attached hydrogen (secondary N) is 1. The van der Waals surface area contributed by atoms with Gasteiger partial charge in [-0.3, -0.25) is 0 Å². The van der Waals surface area contributed by atoms with Crippen molar-refractivity contribution in [2.75, 3.05) is 17.3 Å². The molecule has 0 saturated carbocycles. The highest BCUT2D eigenvalue weighted by Crippen LogP contribution is 2.31. The van der Waals surface area contributed by atoms with Gasteiger partial charge in [0.2, 0.25) is 15.0 Å². The maximum Gasteiger partial charge on any atom is 0.249 e. The minimum Gasteiger partial charge on any atom is -0.382 e. The number of nitrogens with zero attached hydrogens (tertiary/aromatic N) is 5. The van der Waals surface area contributed by atoms with Crippen LogP contribution in [0.25, 0.3) is 16.8 Å². The van der Waals surface area contributed by atoms with E-state index in [2.05, 4.69) is 25.4 Å². The van der Waals surface area contributed by atoms with Crippen LogP contribution in [0.2, 0.25) is 0 Å². The van der Waals surface area contributed by atoms with E-state index in [0.29, 0.717) is 11.1 Å². The number of nitrogen functional groups attached to an aromatic ring is 1. The highest BCUT2D eigenvalue weighted by atomic mass is 32.2. The van der Waals surface area contributed by atoms with E-state index in [1.807, 2.05) is 0 Å². The fourth-order valence-electron chi connectivity index (χ4n) is 3.14. The predicted molar refractivity (Wildman–Crippen MR) is 110 cm³/mol. The number of hydrogen-bond acceptors (Lipinski definition) is 8. The van der Waals surface area contributed by atoms with Crippen molar-refractivity contribution in [3.63, 3.8) is 0 Å². The first-order chi connectivity index (χ1) is 14.6. The number of halogens is 2. The van der Waals surface area contributed by atoms with Gasteiger partial charge in [0, 0.05) is 30.1 Å². The quantitative estimate of drug-likeness (QED) is 0.449. The standard InChI is InChI=1S/C19H17F2N7O2S/c1-10(12-4-3-11(20)7-13(12)21)24-16-8-14(25-19(26-16)31(2,29)30)17-15-5-6-23-9-28(15)27-18(17)22/h3-10H,1-2H3,(H2,22,27)(H,24,25,26).